The van der Waals surface area contributed by atoms with E-state index in [0.717, 1.165) is 11.1 Å². The van der Waals surface area contributed by atoms with Crippen molar-refractivity contribution in [2.75, 3.05) is 0 Å². The summed E-state index contributed by atoms with van der Waals surface area (Å²) in [6.45, 7) is 0.392. The van der Waals surface area contributed by atoms with Gasteiger partial charge in [0.15, 0.2) is 5.41 Å². The van der Waals surface area contributed by atoms with E-state index in [4.69, 9.17) is 4.74 Å². The second-order valence-corrected chi connectivity index (χ2v) is 7.87. The van der Waals surface area contributed by atoms with Crippen LogP contribution in [0.3, 0.4) is 0 Å². The molecule has 4 rings (SSSR count). The molecule has 5 nitrogen and oxygen atoms in total. The molecule has 3 aromatic carbocycles. The molecule has 1 aliphatic carbocycles. The summed E-state index contributed by atoms with van der Waals surface area (Å²) in [4.78, 5) is 26.3. The number of rotatable bonds is 8. The molecule has 1 saturated carbocycles. The van der Waals surface area contributed by atoms with E-state index in [1.807, 2.05) is 78.9 Å². The summed E-state index contributed by atoms with van der Waals surface area (Å²) in [6.07, 6.45) is -0.676. The molecule has 0 bridgehead atoms. The van der Waals surface area contributed by atoms with Crippen molar-refractivity contribution in [2.24, 2.45) is 11.3 Å². The van der Waals surface area contributed by atoms with E-state index in [1.54, 1.807) is 12.1 Å². The van der Waals surface area contributed by atoms with Crippen molar-refractivity contribution in [3.05, 3.63) is 108 Å². The molecule has 0 aliphatic heterocycles. The third-order valence-corrected chi connectivity index (χ3v) is 5.82. The number of aliphatic hydroxyl groups excluding tert-OH is 1. The lowest BCUT2D eigenvalue weighted by molar-refractivity contribution is -0.157. The number of benzene rings is 3. The van der Waals surface area contributed by atoms with Crippen LogP contribution in [0.2, 0.25) is 0 Å². The van der Waals surface area contributed by atoms with E-state index >= 15 is 0 Å². The predicted octanol–water partition coefficient (Wildman–Crippen LogP) is 3.79. The third kappa shape index (κ3) is 4.52. The van der Waals surface area contributed by atoms with E-state index in [1.165, 1.54) is 0 Å². The molecule has 1 fully saturated rings. The van der Waals surface area contributed by atoms with Crippen LogP contribution in [-0.4, -0.2) is 17.0 Å². The first-order valence-corrected chi connectivity index (χ1v) is 10.4. The third-order valence-electron chi connectivity index (χ3n) is 5.82. The van der Waals surface area contributed by atoms with Crippen molar-refractivity contribution in [3.8, 4) is 0 Å². The summed E-state index contributed by atoms with van der Waals surface area (Å²) >= 11 is 0. The number of hydrogen-bond donors (Lipinski definition) is 2. The highest BCUT2D eigenvalue weighted by molar-refractivity contribution is 6.06. The van der Waals surface area contributed by atoms with E-state index < -0.39 is 29.3 Å². The van der Waals surface area contributed by atoms with Gasteiger partial charge in [0.05, 0.1) is 6.10 Å². The van der Waals surface area contributed by atoms with Crippen molar-refractivity contribution < 1.29 is 19.4 Å². The Kier molecular flexibility index (Phi) is 6.14. The average molecular weight is 415 g/mol. The molecule has 5 heteroatoms. The van der Waals surface area contributed by atoms with Crippen LogP contribution >= 0.6 is 0 Å². The number of nitrogens with one attached hydrogen (secondary N) is 1. The van der Waals surface area contributed by atoms with Gasteiger partial charge in [-0.1, -0.05) is 91.0 Å². The standard InChI is InChI=1S/C26H25NO4/c28-23(21-14-8-3-9-15-21)22-16-26(22,24(29)27-17-19-10-4-1-5-11-19)25(30)31-18-20-12-6-2-7-13-20/h1-15,22-23,28H,16-18H2,(H,27,29). The molecule has 0 aromatic heterocycles. The molecule has 0 radical (unpaired) electrons. The van der Waals surface area contributed by atoms with Crippen LogP contribution in [0.5, 0.6) is 0 Å². The zero-order chi connectivity index (χ0) is 21.7. The molecule has 3 atom stereocenters. The van der Waals surface area contributed by atoms with Crippen LogP contribution in [0.15, 0.2) is 91.0 Å². The zero-order valence-electron chi connectivity index (χ0n) is 17.1. The molecule has 0 spiro atoms. The van der Waals surface area contributed by atoms with Gasteiger partial charge in [-0.3, -0.25) is 9.59 Å². The molecular formula is C26H25NO4. The Morgan fingerprint density at radius 2 is 1.45 bits per heavy atom. The van der Waals surface area contributed by atoms with Crippen LogP contribution in [0, 0.1) is 11.3 Å². The van der Waals surface area contributed by atoms with Crippen LogP contribution in [0.1, 0.15) is 29.2 Å². The first-order valence-electron chi connectivity index (χ1n) is 10.4. The molecule has 0 saturated heterocycles. The van der Waals surface area contributed by atoms with Gasteiger partial charge >= 0.3 is 5.97 Å². The first kappa shape index (κ1) is 20.8. The Morgan fingerprint density at radius 3 is 2.06 bits per heavy atom. The van der Waals surface area contributed by atoms with E-state index in [-0.39, 0.29) is 13.0 Å². The van der Waals surface area contributed by atoms with Crippen LogP contribution in [0.25, 0.3) is 0 Å². The van der Waals surface area contributed by atoms with Gasteiger partial charge in [0.1, 0.15) is 6.61 Å². The highest BCUT2D eigenvalue weighted by Crippen LogP contribution is 2.59. The lowest BCUT2D eigenvalue weighted by Crippen LogP contribution is -2.40. The van der Waals surface area contributed by atoms with Crippen molar-refractivity contribution in [1.29, 1.82) is 0 Å². The van der Waals surface area contributed by atoms with Crippen molar-refractivity contribution in [1.82, 2.24) is 5.32 Å². The van der Waals surface area contributed by atoms with Gasteiger partial charge in [0, 0.05) is 12.5 Å². The quantitative estimate of drug-likeness (QED) is 0.434. The van der Waals surface area contributed by atoms with Gasteiger partial charge in [-0.15, -0.1) is 0 Å². The van der Waals surface area contributed by atoms with Crippen LogP contribution in [0.4, 0.5) is 0 Å². The Hall–Kier alpha value is -3.44. The number of carbonyl (C=O) groups excluding carboxylic acids is 2. The predicted molar refractivity (Wildman–Crippen MR) is 116 cm³/mol. The minimum absolute atomic E-state index is 0.0849. The summed E-state index contributed by atoms with van der Waals surface area (Å²) < 4.78 is 5.53. The lowest BCUT2D eigenvalue weighted by atomic mass is 9.95. The second kappa shape index (κ2) is 9.14. The number of amides is 1. The van der Waals surface area contributed by atoms with E-state index in [9.17, 15) is 14.7 Å². The number of hydrogen-bond acceptors (Lipinski definition) is 4. The van der Waals surface area contributed by atoms with Crippen molar-refractivity contribution in [3.63, 3.8) is 0 Å². The summed E-state index contributed by atoms with van der Waals surface area (Å²) in [5.41, 5.74) is 1.07. The Balaban J connectivity index is 1.51. The number of carbonyl (C=O) groups is 2. The van der Waals surface area contributed by atoms with Gasteiger partial charge < -0.3 is 15.2 Å². The summed E-state index contributed by atoms with van der Waals surface area (Å²) in [5.74, 6) is -1.54. The molecule has 3 unspecified atom stereocenters. The number of ether oxygens (including phenoxy) is 1. The van der Waals surface area contributed by atoms with Crippen molar-refractivity contribution in [2.45, 2.75) is 25.7 Å². The highest BCUT2D eigenvalue weighted by atomic mass is 16.5. The van der Waals surface area contributed by atoms with Gasteiger partial charge in [-0.05, 0) is 23.1 Å². The molecule has 31 heavy (non-hydrogen) atoms. The largest absolute Gasteiger partial charge is 0.460 e. The molecule has 1 amide bonds. The normalized spacial score (nSPS) is 20.5. The molecule has 3 aromatic rings. The summed E-state index contributed by atoms with van der Waals surface area (Å²) in [6, 6.07) is 27.9. The molecule has 1 aliphatic rings. The van der Waals surface area contributed by atoms with Gasteiger partial charge in [-0.2, -0.15) is 0 Å². The number of esters is 1. The van der Waals surface area contributed by atoms with E-state index in [0.29, 0.717) is 12.1 Å². The average Bonchev–Trinajstić information content (AvgIpc) is 3.59. The molecular weight excluding hydrogens is 390 g/mol. The van der Waals surface area contributed by atoms with Crippen molar-refractivity contribution >= 4 is 11.9 Å². The maximum absolute atomic E-state index is 13.2. The minimum atomic E-state index is -1.39. The summed E-state index contributed by atoms with van der Waals surface area (Å²) in [7, 11) is 0. The SMILES string of the molecule is O=C(NCc1ccccc1)C1(C(=O)OCc2ccccc2)CC1C(O)c1ccccc1. The maximum atomic E-state index is 13.2. The Labute approximate surface area is 181 Å². The van der Waals surface area contributed by atoms with E-state index in [2.05, 4.69) is 5.32 Å². The second-order valence-electron chi connectivity index (χ2n) is 7.87. The maximum Gasteiger partial charge on any atom is 0.322 e. The zero-order valence-corrected chi connectivity index (χ0v) is 17.1. The monoisotopic (exact) mass is 415 g/mol. The fourth-order valence-corrected chi connectivity index (χ4v) is 3.93. The first-order chi connectivity index (χ1) is 15.1. The molecule has 158 valence electrons. The lowest BCUT2D eigenvalue weighted by Gasteiger charge is -2.19. The molecule has 0 heterocycles. The minimum Gasteiger partial charge on any atom is -0.460 e. The number of aliphatic hydroxyl groups is 1. The Bertz CT molecular complexity index is 966. The van der Waals surface area contributed by atoms with Gasteiger partial charge in [-0.25, -0.2) is 0 Å². The Morgan fingerprint density at radius 1 is 0.903 bits per heavy atom. The van der Waals surface area contributed by atoms with Crippen LogP contribution < -0.4 is 5.32 Å². The van der Waals surface area contributed by atoms with Crippen LogP contribution in [-0.2, 0) is 27.5 Å². The summed E-state index contributed by atoms with van der Waals surface area (Å²) in [5, 5.41) is 13.7. The fourth-order valence-electron chi connectivity index (χ4n) is 3.93. The fraction of sp³-hybridized carbons (Fsp3) is 0.231. The smallest absolute Gasteiger partial charge is 0.322 e. The van der Waals surface area contributed by atoms with Gasteiger partial charge in [0.2, 0.25) is 5.91 Å². The highest BCUT2D eigenvalue weighted by Gasteiger charge is 2.69. The van der Waals surface area contributed by atoms with Gasteiger partial charge in [0.25, 0.3) is 0 Å². The topological polar surface area (TPSA) is 75.6 Å². The molecule has 2 N–H and O–H groups in total.